The average molecular weight is 145 g/mol. The van der Waals surface area contributed by atoms with Crippen molar-refractivity contribution >= 4 is 29.1 Å². The molecule has 1 aromatic rings. The van der Waals surface area contributed by atoms with E-state index in [2.05, 4.69) is 17.6 Å². The summed E-state index contributed by atoms with van der Waals surface area (Å²) in [5.74, 6) is 0. The number of thiazole rings is 1. The van der Waals surface area contributed by atoms with Crippen LogP contribution in [0.5, 0.6) is 0 Å². The minimum absolute atomic E-state index is 0.215. The number of carbonyl (C=O) groups excluding carboxylic acids is 1. The molecule has 1 aromatic heterocycles. The lowest BCUT2D eigenvalue weighted by Gasteiger charge is -1.76. The Bertz CT molecular complexity index is 182. The first kappa shape index (κ1) is 5.78. The highest BCUT2D eigenvalue weighted by Crippen LogP contribution is 2.07. The van der Waals surface area contributed by atoms with Gasteiger partial charge in [0.05, 0.1) is 5.51 Å². The fourth-order valence-corrected chi connectivity index (χ4v) is 0.995. The van der Waals surface area contributed by atoms with Crippen LogP contribution in [-0.4, -0.2) is 10.1 Å². The summed E-state index contributed by atoms with van der Waals surface area (Å²) in [5, 5.41) is -0.215. The molecule has 1 heterocycles. The van der Waals surface area contributed by atoms with Gasteiger partial charge in [-0.2, -0.15) is 0 Å². The standard InChI is InChI=1S/C4H3NOS2/c6-4(7)3-1-5-2-8-3/h1-2H,(H,6,7). The van der Waals surface area contributed by atoms with Crippen LogP contribution < -0.4 is 0 Å². The fourth-order valence-electron chi connectivity index (χ4n) is 0.321. The van der Waals surface area contributed by atoms with Crippen molar-refractivity contribution in [1.29, 1.82) is 0 Å². The highest BCUT2D eigenvalue weighted by Gasteiger charge is 1.98. The van der Waals surface area contributed by atoms with Crippen LogP contribution in [0.3, 0.4) is 0 Å². The first-order chi connectivity index (χ1) is 3.80. The molecule has 0 atom stereocenters. The molecule has 0 fully saturated rings. The number of carbonyl (C=O) groups is 1. The third-order valence-corrected chi connectivity index (χ3v) is 1.81. The molecule has 0 aliphatic rings. The summed E-state index contributed by atoms with van der Waals surface area (Å²) in [6.45, 7) is 0. The Balaban J connectivity index is 2.93. The van der Waals surface area contributed by atoms with Crippen molar-refractivity contribution < 1.29 is 4.79 Å². The normalized spacial score (nSPS) is 9.12. The zero-order valence-electron chi connectivity index (χ0n) is 3.87. The number of nitrogens with zero attached hydrogens (tertiary/aromatic N) is 1. The van der Waals surface area contributed by atoms with Crippen LogP contribution in [0.25, 0.3) is 0 Å². The van der Waals surface area contributed by atoms with Crippen molar-refractivity contribution in [1.82, 2.24) is 4.98 Å². The monoisotopic (exact) mass is 145 g/mol. The van der Waals surface area contributed by atoms with Crippen LogP contribution >= 0.6 is 24.0 Å². The summed E-state index contributed by atoms with van der Waals surface area (Å²) in [6.07, 6.45) is 1.50. The van der Waals surface area contributed by atoms with E-state index in [-0.39, 0.29) is 5.12 Å². The molecule has 0 saturated carbocycles. The van der Waals surface area contributed by atoms with Gasteiger partial charge in [-0.05, 0) is 0 Å². The highest BCUT2D eigenvalue weighted by molar-refractivity contribution is 7.97. The van der Waals surface area contributed by atoms with Crippen LogP contribution in [0.1, 0.15) is 9.67 Å². The predicted octanol–water partition coefficient (Wildman–Crippen LogP) is 1.21. The van der Waals surface area contributed by atoms with Gasteiger partial charge in [0.15, 0.2) is 0 Å². The van der Waals surface area contributed by atoms with Gasteiger partial charge in [0.25, 0.3) is 0 Å². The smallest absolute Gasteiger partial charge is 0.227 e. The maximum absolute atomic E-state index is 10.3. The Hall–Kier alpha value is -0.350. The van der Waals surface area contributed by atoms with E-state index in [1.807, 2.05) is 0 Å². The first-order valence-corrected chi connectivity index (χ1v) is 3.25. The summed E-state index contributed by atoms with van der Waals surface area (Å²) >= 11 is 4.88. The van der Waals surface area contributed by atoms with E-state index < -0.39 is 0 Å². The zero-order valence-corrected chi connectivity index (χ0v) is 5.58. The Morgan fingerprint density at radius 2 is 2.62 bits per heavy atom. The Kier molecular flexibility index (Phi) is 1.65. The summed E-state index contributed by atoms with van der Waals surface area (Å²) in [4.78, 5) is 14.6. The highest BCUT2D eigenvalue weighted by atomic mass is 32.1. The van der Waals surface area contributed by atoms with Gasteiger partial charge in [-0.15, -0.1) is 11.3 Å². The molecular formula is C4H3NOS2. The Morgan fingerprint density at radius 3 is 2.88 bits per heavy atom. The SMILES string of the molecule is O=C(S)c1cncs1. The quantitative estimate of drug-likeness (QED) is 0.602. The molecule has 0 amide bonds. The number of thiol groups is 1. The molecule has 0 unspecified atom stereocenters. The van der Waals surface area contributed by atoms with E-state index in [0.29, 0.717) is 4.88 Å². The topological polar surface area (TPSA) is 30.0 Å². The van der Waals surface area contributed by atoms with E-state index in [9.17, 15) is 4.79 Å². The molecule has 0 radical (unpaired) electrons. The summed E-state index contributed by atoms with van der Waals surface area (Å²) < 4.78 is 0. The van der Waals surface area contributed by atoms with Gasteiger partial charge in [0.1, 0.15) is 4.88 Å². The van der Waals surface area contributed by atoms with Crippen LogP contribution in [-0.2, 0) is 0 Å². The van der Waals surface area contributed by atoms with Crippen LogP contribution in [0.2, 0.25) is 0 Å². The molecule has 42 valence electrons. The fraction of sp³-hybridized carbons (Fsp3) is 0. The lowest BCUT2D eigenvalue weighted by Crippen LogP contribution is -1.79. The second-order valence-corrected chi connectivity index (χ2v) is 2.46. The predicted molar refractivity (Wildman–Crippen MR) is 35.4 cm³/mol. The summed E-state index contributed by atoms with van der Waals surface area (Å²) in [7, 11) is 0. The Labute approximate surface area is 56.0 Å². The number of hydrogen-bond donors (Lipinski definition) is 1. The minimum atomic E-state index is -0.215. The first-order valence-electron chi connectivity index (χ1n) is 1.92. The number of rotatable bonds is 1. The van der Waals surface area contributed by atoms with Crippen molar-refractivity contribution in [3.63, 3.8) is 0 Å². The molecule has 0 aliphatic heterocycles. The average Bonchev–Trinajstić information content (AvgIpc) is 2.12. The molecule has 8 heavy (non-hydrogen) atoms. The van der Waals surface area contributed by atoms with Crippen LogP contribution in [0.15, 0.2) is 11.7 Å². The third-order valence-electron chi connectivity index (χ3n) is 0.643. The number of hydrogen-bond acceptors (Lipinski definition) is 3. The van der Waals surface area contributed by atoms with Crippen molar-refractivity contribution in [2.24, 2.45) is 0 Å². The molecular weight excluding hydrogens is 142 g/mol. The second kappa shape index (κ2) is 2.28. The van der Waals surface area contributed by atoms with Crippen molar-refractivity contribution in [3.05, 3.63) is 16.6 Å². The van der Waals surface area contributed by atoms with Gasteiger partial charge in [-0.25, -0.2) is 0 Å². The molecule has 0 N–H and O–H groups in total. The van der Waals surface area contributed by atoms with E-state index in [1.54, 1.807) is 5.51 Å². The van der Waals surface area contributed by atoms with Gasteiger partial charge in [-0.1, -0.05) is 12.6 Å². The number of aromatic nitrogens is 1. The summed E-state index contributed by atoms with van der Waals surface area (Å²) in [6, 6.07) is 0. The maximum atomic E-state index is 10.3. The van der Waals surface area contributed by atoms with Crippen LogP contribution in [0.4, 0.5) is 0 Å². The van der Waals surface area contributed by atoms with Gasteiger partial charge >= 0.3 is 0 Å². The molecule has 1 rings (SSSR count). The van der Waals surface area contributed by atoms with Gasteiger partial charge in [-0.3, -0.25) is 9.78 Å². The van der Waals surface area contributed by atoms with Crippen molar-refractivity contribution in [2.75, 3.05) is 0 Å². The van der Waals surface area contributed by atoms with Crippen molar-refractivity contribution in [2.45, 2.75) is 0 Å². The lowest BCUT2D eigenvalue weighted by molar-refractivity contribution is 0.109. The van der Waals surface area contributed by atoms with Crippen molar-refractivity contribution in [3.8, 4) is 0 Å². The third kappa shape index (κ3) is 1.08. The zero-order chi connectivity index (χ0) is 5.98. The van der Waals surface area contributed by atoms with E-state index in [1.165, 1.54) is 17.5 Å². The summed E-state index contributed by atoms with van der Waals surface area (Å²) in [5.41, 5.74) is 1.60. The molecule has 0 spiro atoms. The molecule has 0 saturated heterocycles. The lowest BCUT2D eigenvalue weighted by atomic mass is 10.6. The van der Waals surface area contributed by atoms with E-state index >= 15 is 0 Å². The molecule has 0 aromatic carbocycles. The second-order valence-electron chi connectivity index (χ2n) is 1.17. The molecule has 0 bridgehead atoms. The molecule has 0 aliphatic carbocycles. The molecule has 4 heteroatoms. The maximum Gasteiger partial charge on any atom is 0.227 e. The van der Waals surface area contributed by atoms with Gasteiger partial charge in [0, 0.05) is 6.20 Å². The Morgan fingerprint density at radius 1 is 1.88 bits per heavy atom. The van der Waals surface area contributed by atoms with Gasteiger partial charge < -0.3 is 0 Å². The molecule has 2 nitrogen and oxygen atoms in total. The van der Waals surface area contributed by atoms with Crippen LogP contribution in [0, 0.1) is 0 Å². The van der Waals surface area contributed by atoms with E-state index in [0.717, 1.165) is 0 Å². The minimum Gasteiger partial charge on any atom is -0.281 e. The van der Waals surface area contributed by atoms with Gasteiger partial charge in [0.2, 0.25) is 5.12 Å². The largest absolute Gasteiger partial charge is 0.281 e. The van der Waals surface area contributed by atoms with E-state index in [4.69, 9.17) is 0 Å².